The molecule has 1 fully saturated rings. The molecule has 1 aliphatic rings. The van der Waals surface area contributed by atoms with Crippen LogP contribution in [0.5, 0.6) is 0 Å². The molecule has 1 aromatic rings. The van der Waals surface area contributed by atoms with Crippen LogP contribution in [0.25, 0.3) is 0 Å². The molecule has 0 radical (unpaired) electrons. The zero-order valence-electron chi connectivity index (χ0n) is 10.5. The summed E-state index contributed by atoms with van der Waals surface area (Å²) in [7, 11) is 0. The minimum absolute atomic E-state index is 0.122. The van der Waals surface area contributed by atoms with Crippen LogP contribution in [0.3, 0.4) is 0 Å². The van der Waals surface area contributed by atoms with E-state index >= 15 is 0 Å². The van der Waals surface area contributed by atoms with Crippen LogP contribution in [-0.4, -0.2) is 36.2 Å². The predicted molar refractivity (Wildman–Crippen MR) is 74.7 cm³/mol. The summed E-state index contributed by atoms with van der Waals surface area (Å²) in [5.41, 5.74) is 2.10. The maximum Gasteiger partial charge on any atom is 0.245 e. The summed E-state index contributed by atoms with van der Waals surface area (Å²) in [6, 6.07) is 5.64. The van der Waals surface area contributed by atoms with Gasteiger partial charge in [0.1, 0.15) is 6.04 Å². The first-order chi connectivity index (χ1) is 8.54. The first-order valence-corrected chi connectivity index (χ1v) is 6.77. The van der Waals surface area contributed by atoms with Crippen molar-refractivity contribution in [3.8, 4) is 0 Å². The Morgan fingerprint density at radius 1 is 1.56 bits per heavy atom. The number of amides is 1. The van der Waals surface area contributed by atoms with Gasteiger partial charge in [-0.1, -0.05) is 6.07 Å². The van der Waals surface area contributed by atoms with Gasteiger partial charge in [0, 0.05) is 17.1 Å². The molecule has 2 atom stereocenters. The van der Waals surface area contributed by atoms with E-state index in [0.29, 0.717) is 6.54 Å². The van der Waals surface area contributed by atoms with Crippen LogP contribution in [0.2, 0.25) is 0 Å². The maximum absolute atomic E-state index is 11.8. The third-order valence-electron chi connectivity index (χ3n) is 3.24. The van der Waals surface area contributed by atoms with E-state index in [0.717, 1.165) is 15.7 Å². The third kappa shape index (κ3) is 2.37. The zero-order valence-corrected chi connectivity index (χ0v) is 12.1. The minimum Gasteiger partial charge on any atom is -0.394 e. The number of carbonyl (C=O) groups excluding carboxylic acids is 1. The number of anilines is 1. The van der Waals surface area contributed by atoms with Gasteiger partial charge in [0.25, 0.3) is 0 Å². The molecule has 5 heteroatoms. The van der Waals surface area contributed by atoms with Crippen LogP contribution < -0.4 is 10.2 Å². The predicted octanol–water partition coefficient (Wildman–Crippen LogP) is 1.44. The van der Waals surface area contributed by atoms with E-state index in [2.05, 4.69) is 21.2 Å². The summed E-state index contributed by atoms with van der Waals surface area (Å²) in [4.78, 5) is 13.8. The molecule has 0 saturated carbocycles. The molecule has 1 heterocycles. The van der Waals surface area contributed by atoms with Crippen molar-refractivity contribution >= 4 is 27.5 Å². The van der Waals surface area contributed by atoms with Crippen LogP contribution in [0.1, 0.15) is 12.5 Å². The van der Waals surface area contributed by atoms with Crippen molar-refractivity contribution in [2.24, 2.45) is 0 Å². The second kappa shape index (κ2) is 5.28. The molecular weight excluding hydrogens is 296 g/mol. The number of nitrogens with one attached hydrogen (secondary N) is 1. The van der Waals surface area contributed by atoms with Crippen molar-refractivity contribution in [2.75, 3.05) is 18.1 Å². The molecule has 18 heavy (non-hydrogen) atoms. The van der Waals surface area contributed by atoms with E-state index in [-0.39, 0.29) is 18.6 Å². The molecule has 98 valence electrons. The lowest BCUT2D eigenvalue weighted by atomic mass is 10.1. The lowest BCUT2D eigenvalue weighted by Gasteiger charge is -2.41. The number of carbonyl (C=O) groups is 1. The standard InChI is InChI=1S/C13H17BrN2O2/c1-8-3-4-11(10(14)5-8)16-9(2)6-15-13(18)12(16)7-17/h3-5,9,12,17H,6-7H2,1-2H3,(H,15,18). The number of benzene rings is 1. The number of nitrogens with zero attached hydrogens (tertiary/aromatic N) is 1. The molecule has 1 aromatic carbocycles. The summed E-state index contributed by atoms with van der Waals surface area (Å²) in [5.74, 6) is -0.122. The van der Waals surface area contributed by atoms with Gasteiger partial charge >= 0.3 is 0 Å². The number of halogens is 1. The molecule has 1 amide bonds. The van der Waals surface area contributed by atoms with E-state index < -0.39 is 6.04 Å². The van der Waals surface area contributed by atoms with Crippen molar-refractivity contribution in [1.29, 1.82) is 0 Å². The highest BCUT2D eigenvalue weighted by Crippen LogP contribution is 2.31. The van der Waals surface area contributed by atoms with Gasteiger partial charge in [-0.15, -0.1) is 0 Å². The molecule has 2 N–H and O–H groups in total. The lowest BCUT2D eigenvalue weighted by Crippen LogP contribution is -2.61. The summed E-state index contributed by atoms with van der Waals surface area (Å²) in [5, 5.41) is 12.2. The van der Waals surface area contributed by atoms with Crippen molar-refractivity contribution in [2.45, 2.75) is 25.9 Å². The zero-order chi connectivity index (χ0) is 13.3. The van der Waals surface area contributed by atoms with Gasteiger partial charge in [-0.3, -0.25) is 4.79 Å². The Morgan fingerprint density at radius 3 is 2.89 bits per heavy atom. The monoisotopic (exact) mass is 312 g/mol. The highest BCUT2D eigenvalue weighted by Gasteiger charge is 2.34. The van der Waals surface area contributed by atoms with Crippen LogP contribution in [0.15, 0.2) is 22.7 Å². The number of hydrogen-bond donors (Lipinski definition) is 2. The largest absolute Gasteiger partial charge is 0.394 e. The minimum atomic E-state index is -0.521. The molecule has 0 bridgehead atoms. The number of aliphatic hydroxyl groups is 1. The molecule has 0 aliphatic carbocycles. The SMILES string of the molecule is Cc1ccc(N2C(C)CNC(=O)C2CO)c(Br)c1. The van der Waals surface area contributed by atoms with Gasteiger partial charge in [-0.05, 0) is 47.5 Å². The molecule has 0 aromatic heterocycles. The highest BCUT2D eigenvalue weighted by atomic mass is 79.9. The van der Waals surface area contributed by atoms with E-state index in [1.165, 1.54) is 0 Å². The number of hydrogen-bond acceptors (Lipinski definition) is 3. The topological polar surface area (TPSA) is 52.6 Å². The highest BCUT2D eigenvalue weighted by molar-refractivity contribution is 9.10. The average Bonchev–Trinajstić information content (AvgIpc) is 2.33. The van der Waals surface area contributed by atoms with Crippen molar-refractivity contribution in [3.05, 3.63) is 28.2 Å². The second-order valence-corrected chi connectivity index (χ2v) is 5.51. The number of aliphatic hydroxyl groups excluding tert-OH is 1. The summed E-state index contributed by atoms with van der Waals surface area (Å²) in [6.45, 7) is 4.46. The summed E-state index contributed by atoms with van der Waals surface area (Å²) < 4.78 is 0.947. The quantitative estimate of drug-likeness (QED) is 0.869. The van der Waals surface area contributed by atoms with Gasteiger partial charge in [0.15, 0.2) is 0 Å². The molecular formula is C13H17BrN2O2. The first kappa shape index (κ1) is 13.4. The van der Waals surface area contributed by atoms with Crippen molar-refractivity contribution in [1.82, 2.24) is 5.32 Å². The van der Waals surface area contributed by atoms with E-state index in [9.17, 15) is 9.90 Å². The maximum atomic E-state index is 11.8. The Labute approximate surface area is 115 Å². The Kier molecular flexibility index (Phi) is 3.92. The lowest BCUT2D eigenvalue weighted by molar-refractivity contribution is -0.124. The van der Waals surface area contributed by atoms with Crippen LogP contribution in [0.4, 0.5) is 5.69 Å². The molecule has 0 spiro atoms. The normalized spacial score (nSPS) is 24.0. The van der Waals surface area contributed by atoms with Crippen LogP contribution >= 0.6 is 15.9 Å². The van der Waals surface area contributed by atoms with Gasteiger partial charge in [-0.25, -0.2) is 0 Å². The van der Waals surface area contributed by atoms with Crippen molar-refractivity contribution in [3.63, 3.8) is 0 Å². The fraction of sp³-hybridized carbons (Fsp3) is 0.462. The fourth-order valence-corrected chi connectivity index (χ4v) is 2.99. The molecule has 4 nitrogen and oxygen atoms in total. The molecule has 2 unspecified atom stereocenters. The summed E-state index contributed by atoms with van der Waals surface area (Å²) in [6.07, 6.45) is 0. The Hall–Kier alpha value is -1.07. The first-order valence-electron chi connectivity index (χ1n) is 5.97. The molecule has 2 rings (SSSR count). The number of piperazine rings is 1. The van der Waals surface area contributed by atoms with Crippen LogP contribution in [-0.2, 0) is 4.79 Å². The second-order valence-electron chi connectivity index (χ2n) is 4.65. The number of rotatable bonds is 2. The Morgan fingerprint density at radius 2 is 2.28 bits per heavy atom. The van der Waals surface area contributed by atoms with Crippen molar-refractivity contribution < 1.29 is 9.90 Å². The smallest absolute Gasteiger partial charge is 0.245 e. The van der Waals surface area contributed by atoms with Crippen LogP contribution in [0, 0.1) is 6.92 Å². The third-order valence-corrected chi connectivity index (χ3v) is 3.87. The fourth-order valence-electron chi connectivity index (χ4n) is 2.30. The molecule has 1 aliphatic heterocycles. The average molecular weight is 313 g/mol. The Bertz CT molecular complexity index is 464. The Balaban J connectivity index is 2.41. The van der Waals surface area contributed by atoms with Gasteiger partial charge in [-0.2, -0.15) is 0 Å². The van der Waals surface area contributed by atoms with E-state index in [1.54, 1.807) is 0 Å². The summed E-state index contributed by atoms with van der Waals surface area (Å²) >= 11 is 3.53. The van der Waals surface area contributed by atoms with Gasteiger partial charge in [0.05, 0.1) is 12.3 Å². The van der Waals surface area contributed by atoms with Gasteiger partial charge in [0.2, 0.25) is 5.91 Å². The molecule has 1 saturated heterocycles. The van der Waals surface area contributed by atoms with E-state index in [1.807, 2.05) is 36.9 Å². The van der Waals surface area contributed by atoms with Gasteiger partial charge < -0.3 is 15.3 Å². The number of aryl methyl sites for hydroxylation is 1. The van der Waals surface area contributed by atoms with E-state index in [4.69, 9.17) is 0 Å².